The number of hydrogen-bond donors (Lipinski definition) is 0. The molecular weight excluding hydrogens is 151 g/mol. The van der Waals surface area contributed by atoms with Crippen molar-refractivity contribution < 1.29 is 0 Å². The van der Waals surface area contributed by atoms with Crippen LogP contribution in [-0.2, 0) is 0 Å². The Morgan fingerprint density at radius 2 is 1.82 bits per heavy atom. The molecule has 1 atom stereocenters. The highest BCUT2D eigenvalue weighted by Crippen LogP contribution is 2.17. The summed E-state index contributed by atoms with van der Waals surface area (Å²) in [7, 11) is 1.23. The van der Waals surface area contributed by atoms with Crippen LogP contribution < -0.4 is 0 Å². The Balaban J connectivity index is 2.80. The Morgan fingerprint density at radius 3 is 2.36 bits per heavy atom. The second-order valence-corrected chi connectivity index (χ2v) is 5.14. The maximum Gasteiger partial charge on any atom is -0.0351 e. The van der Waals surface area contributed by atoms with E-state index in [-0.39, 0.29) is 0 Å². The Kier molecular flexibility index (Phi) is 8.86. The first-order valence-electron chi connectivity index (χ1n) is 4.98. The van der Waals surface area contributed by atoms with Gasteiger partial charge in [0.25, 0.3) is 0 Å². The van der Waals surface area contributed by atoms with E-state index in [2.05, 4.69) is 20.8 Å². The van der Waals surface area contributed by atoms with Crippen molar-refractivity contribution in [1.82, 2.24) is 0 Å². The van der Waals surface area contributed by atoms with Crippen LogP contribution in [-0.4, -0.2) is 12.3 Å². The molecule has 0 saturated heterocycles. The molecule has 0 heterocycles. The molecule has 11 heavy (non-hydrogen) atoms. The van der Waals surface area contributed by atoms with E-state index >= 15 is 0 Å². The molecule has 0 amide bonds. The smallest absolute Gasteiger partial charge is 0.0351 e. The van der Waals surface area contributed by atoms with E-state index < -0.39 is 0 Å². The molecule has 0 nitrogen and oxygen atoms in total. The summed E-state index contributed by atoms with van der Waals surface area (Å²) < 4.78 is 0. The van der Waals surface area contributed by atoms with Crippen molar-refractivity contribution in [3.63, 3.8) is 0 Å². The van der Waals surface area contributed by atoms with Crippen LogP contribution in [0.5, 0.6) is 0 Å². The van der Waals surface area contributed by atoms with Gasteiger partial charge in [0, 0.05) is 0 Å². The van der Waals surface area contributed by atoms with Crippen LogP contribution in [0.1, 0.15) is 46.5 Å². The second-order valence-electron chi connectivity index (χ2n) is 3.64. The summed E-state index contributed by atoms with van der Waals surface area (Å²) in [6.07, 6.45) is 8.67. The number of hydrogen-bond acceptors (Lipinski definition) is 0. The SMILES string of the molecule is CCCCCPCCC(C)C. The third kappa shape index (κ3) is 10.4. The van der Waals surface area contributed by atoms with Gasteiger partial charge in [-0.05, 0) is 31.1 Å². The molecule has 0 N–H and O–H groups in total. The second kappa shape index (κ2) is 8.53. The first kappa shape index (κ1) is 11.4. The lowest BCUT2D eigenvalue weighted by Crippen LogP contribution is -1.89. The quantitative estimate of drug-likeness (QED) is 0.405. The Hall–Kier alpha value is 0.430. The summed E-state index contributed by atoms with van der Waals surface area (Å²) >= 11 is 0. The van der Waals surface area contributed by atoms with Crippen LogP contribution in [0.4, 0.5) is 0 Å². The number of rotatable bonds is 7. The van der Waals surface area contributed by atoms with E-state index in [1.54, 1.807) is 0 Å². The Labute approximate surface area is 73.9 Å². The van der Waals surface area contributed by atoms with Crippen LogP contribution in [0.3, 0.4) is 0 Å². The minimum atomic E-state index is 0.911. The molecule has 0 aliphatic rings. The molecule has 68 valence electrons. The van der Waals surface area contributed by atoms with Gasteiger partial charge in [-0.1, -0.05) is 33.6 Å². The Bertz CT molecular complexity index is 69.3. The van der Waals surface area contributed by atoms with Gasteiger partial charge in [0.1, 0.15) is 0 Å². The van der Waals surface area contributed by atoms with Crippen molar-refractivity contribution in [3.05, 3.63) is 0 Å². The van der Waals surface area contributed by atoms with E-state index in [1.807, 2.05) is 0 Å². The summed E-state index contributed by atoms with van der Waals surface area (Å²) in [6.45, 7) is 6.91. The van der Waals surface area contributed by atoms with Gasteiger partial charge in [-0.25, -0.2) is 0 Å². The molecular formula is C10H23P. The molecule has 0 fully saturated rings. The highest BCUT2D eigenvalue weighted by molar-refractivity contribution is 7.37. The lowest BCUT2D eigenvalue weighted by molar-refractivity contribution is 0.630. The fourth-order valence-electron chi connectivity index (χ4n) is 1.02. The third-order valence-corrected chi connectivity index (χ3v) is 3.20. The van der Waals surface area contributed by atoms with Crippen molar-refractivity contribution in [1.29, 1.82) is 0 Å². The summed E-state index contributed by atoms with van der Waals surface area (Å²) in [5, 5.41) is 0. The molecule has 0 aromatic heterocycles. The molecule has 0 spiro atoms. The van der Waals surface area contributed by atoms with E-state index in [0.717, 1.165) is 5.92 Å². The van der Waals surface area contributed by atoms with Gasteiger partial charge in [0.05, 0.1) is 0 Å². The molecule has 1 heteroatoms. The highest BCUT2D eigenvalue weighted by Gasteiger charge is 1.93. The molecule has 0 rings (SSSR count). The zero-order valence-corrected chi connectivity index (χ0v) is 9.32. The summed E-state index contributed by atoms with van der Waals surface area (Å²) in [4.78, 5) is 0. The van der Waals surface area contributed by atoms with Gasteiger partial charge in [-0.3, -0.25) is 0 Å². The largest absolute Gasteiger partial charge is 0.122 e. The average molecular weight is 174 g/mol. The first-order chi connectivity index (χ1) is 5.27. The van der Waals surface area contributed by atoms with Crippen molar-refractivity contribution in [3.8, 4) is 0 Å². The van der Waals surface area contributed by atoms with Crippen LogP contribution >= 0.6 is 8.58 Å². The van der Waals surface area contributed by atoms with Gasteiger partial charge in [-0.2, -0.15) is 0 Å². The van der Waals surface area contributed by atoms with Gasteiger partial charge in [0.2, 0.25) is 0 Å². The van der Waals surface area contributed by atoms with Crippen molar-refractivity contribution in [2.45, 2.75) is 46.5 Å². The molecule has 0 saturated carbocycles. The van der Waals surface area contributed by atoms with E-state index in [0.29, 0.717) is 0 Å². The third-order valence-electron chi connectivity index (χ3n) is 1.86. The van der Waals surface area contributed by atoms with E-state index in [1.165, 1.54) is 46.6 Å². The summed E-state index contributed by atoms with van der Waals surface area (Å²) in [5.41, 5.74) is 0. The molecule has 1 unspecified atom stereocenters. The van der Waals surface area contributed by atoms with E-state index in [4.69, 9.17) is 0 Å². The van der Waals surface area contributed by atoms with Crippen molar-refractivity contribution in [2.75, 3.05) is 12.3 Å². The van der Waals surface area contributed by atoms with Gasteiger partial charge in [0.15, 0.2) is 0 Å². The highest BCUT2D eigenvalue weighted by atomic mass is 31.1. The molecule has 0 bridgehead atoms. The maximum absolute atomic E-state index is 2.32. The van der Waals surface area contributed by atoms with Gasteiger partial charge in [-0.15, -0.1) is 8.58 Å². The van der Waals surface area contributed by atoms with Crippen LogP contribution in [0.25, 0.3) is 0 Å². The fourth-order valence-corrected chi connectivity index (χ4v) is 2.55. The van der Waals surface area contributed by atoms with Crippen LogP contribution in [0, 0.1) is 5.92 Å². The van der Waals surface area contributed by atoms with E-state index in [9.17, 15) is 0 Å². The monoisotopic (exact) mass is 174 g/mol. The zero-order valence-electron chi connectivity index (χ0n) is 8.32. The van der Waals surface area contributed by atoms with Gasteiger partial charge < -0.3 is 0 Å². The number of unbranched alkanes of at least 4 members (excludes halogenated alkanes) is 2. The normalized spacial score (nSPS) is 12.0. The molecule has 0 aliphatic heterocycles. The molecule has 0 radical (unpaired) electrons. The van der Waals surface area contributed by atoms with Crippen LogP contribution in [0.15, 0.2) is 0 Å². The lowest BCUT2D eigenvalue weighted by atomic mass is 10.2. The topological polar surface area (TPSA) is 0 Å². The van der Waals surface area contributed by atoms with Gasteiger partial charge >= 0.3 is 0 Å². The minimum absolute atomic E-state index is 0.911. The first-order valence-corrected chi connectivity index (χ1v) is 6.39. The molecule has 0 aromatic rings. The lowest BCUT2D eigenvalue weighted by Gasteiger charge is -2.03. The maximum atomic E-state index is 2.32. The summed E-state index contributed by atoms with van der Waals surface area (Å²) in [6, 6.07) is 0. The van der Waals surface area contributed by atoms with Crippen molar-refractivity contribution in [2.24, 2.45) is 5.92 Å². The molecule has 0 aromatic carbocycles. The van der Waals surface area contributed by atoms with Crippen molar-refractivity contribution >= 4 is 8.58 Å². The minimum Gasteiger partial charge on any atom is -0.122 e. The zero-order chi connectivity index (χ0) is 8.53. The average Bonchev–Trinajstić information content (AvgIpc) is 1.96. The predicted octanol–water partition coefficient (Wildman–Crippen LogP) is 3.90. The Morgan fingerprint density at radius 1 is 1.09 bits per heavy atom. The predicted molar refractivity (Wildman–Crippen MR) is 57.0 cm³/mol. The molecule has 0 aliphatic carbocycles. The summed E-state index contributed by atoms with van der Waals surface area (Å²) in [5.74, 6) is 0.911. The standard InChI is InChI=1S/C10H23P/c1-4-5-6-8-11-9-7-10(2)3/h10-11H,4-9H2,1-3H3. The van der Waals surface area contributed by atoms with Crippen LogP contribution in [0.2, 0.25) is 0 Å². The fraction of sp³-hybridized carbons (Fsp3) is 1.00.